The van der Waals surface area contributed by atoms with Gasteiger partial charge in [-0.05, 0) is 30.9 Å². The van der Waals surface area contributed by atoms with Gasteiger partial charge in [0, 0.05) is 12.1 Å². The van der Waals surface area contributed by atoms with Crippen LogP contribution in [0.25, 0.3) is 0 Å². The minimum absolute atomic E-state index is 0.167. The molecule has 0 aliphatic heterocycles. The van der Waals surface area contributed by atoms with Crippen LogP contribution in [0.5, 0.6) is 11.5 Å². The number of esters is 1. The van der Waals surface area contributed by atoms with Gasteiger partial charge in [-0.1, -0.05) is 19.8 Å². The molecule has 1 aliphatic carbocycles. The minimum atomic E-state index is -0.596. The average molecular weight is 335 g/mol. The van der Waals surface area contributed by atoms with Crippen LogP contribution in [0.4, 0.5) is 0 Å². The third kappa shape index (κ3) is 4.63. The second-order valence-corrected chi connectivity index (χ2v) is 6.08. The van der Waals surface area contributed by atoms with Crippen molar-refractivity contribution < 1.29 is 23.8 Å². The molecule has 1 aliphatic rings. The highest BCUT2D eigenvalue weighted by atomic mass is 16.5. The Kier molecular flexibility index (Phi) is 6.46. The number of nitrogens with one attached hydrogen (secondary N) is 1. The van der Waals surface area contributed by atoms with E-state index in [9.17, 15) is 9.59 Å². The summed E-state index contributed by atoms with van der Waals surface area (Å²) in [6.07, 6.45) is 4.43. The van der Waals surface area contributed by atoms with Crippen LogP contribution < -0.4 is 14.8 Å². The quantitative estimate of drug-likeness (QED) is 0.809. The summed E-state index contributed by atoms with van der Waals surface area (Å²) in [6, 6.07) is 4.96. The lowest BCUT2D eigenvalue weighted by molar-refractivity contribution is -0.125. The molecule has 6 heteroatoms. The summed E-state index contributed by atoms with van der Waals surface area (Å²) in [5.74, 6) is 0.518. The van der Waals surface area contributed by atoms with Crippen molar-refractivity contribution in [1.82, 2.24) is 5.32 Å². The lowest BCUT2D eigenvalue weighted by atomic mass is 9.86. The summed E-state index contributed by atoms with van der Waals surface area (Å²) in [4.78, 5) is 24.2. The van der Waals surface area contributed by atoms with Gasteiger partial charge < -0.3 is 19.5 Å². The Morgan fingerprint density at radius 2 is 1.92 bits per heavy atom. The highest BCUT2D eigenvalue weighted by molar-refractivity contribution is 5.94. The molecule has 1 fully saturated rings. The monoisotopic (exact) mass is 335 g/mol. The minimum Gasteiger partial charge on any atom is -0.497 e. The molecule has 1 saturated carbocycles. The molecule has 0 aromatic heterocycles. The summed E-state index contributed by atoms with van der Waals surface area (Å²) >= 11 is 0. The Hall–Kier alpha value is -2.24. The van der Waals surface area contributed by atoms with Gasteiger partial charge in [-0.3, -0.25) is 4.79 Å². The number of carbonyl (C=O) groups excluding carboxylic acids is 2. The fourth-order valence-electron chi connectivity index (χ4n) is 2.96. The maximum atomic E-state index is 12.2. The maximum absolute atomic E-state index is 12.2. The van der Waals surface area contributed by atoms with Crippen LogP contribution in [0, 0.1) is 5.92 Å². The van der Waals surface area contributed by atoms with Gasteiger partial charge in [-0.15, -0.1) is 0 Å². The van der Waals surface area contributed by atoms with Crippen LogP contribution in [-0.4, -0.2) is 38.7 Å². The van der Waals surface area contributed by atoms with E-state index < -0.39 is 5.97 Å². The Labute approximate surface area is 142 Å². The summed E-state index contributed by atoms with van der Waals surface area (Å²) in [5.41, 5.74) is 0.261. The van der Waals surface area contributed by atoms with E-state index in [0.717, 1.165) is 19.3 Å². The van der Waals surface area contributed by atoms with Crippen LogP contribution in [0.3, 0.4) is 0 Å². The normalized spacial score (nSPS) is 20.1. The summed E-state index contributed by atoms with van der Waals surface area (Å²) < 4.78 is 15.4. The maximum Gasteiger partial charge on any atom is 0.342 e. The Morgan fingerprint density at radius 1 is 1.17 bits per heavy atom. The average Bonchev–Trinajstić information content (AvgIpc) is 2.61. The molecule has 0 bridgehead atoms. The first-order chi connectivity index (χ1) is 11.5. The molecule has 132 valence electrons. The van der Waals surface area contributed by atoms with E-state index in [4.69, 9.17) is 14.2 Å². The number of carbonyl (C=O) groups is 2. The van der Waals surface area contributed by atoms with Crippen molar-refractivity contribution in [2.45, 2.75) is 38.6 Å². The number of methoxy groups -OCH3 is 2. The third-order valence-corrected chi connectivity index (χ3v) is 4.42. The van der Waals surface area contributed by atoms with Crippen LogP contribution in [0.15, 0.2) is 18.2 Å². The van der Waals surface area contributed by atoms with Crippen LogP contribution in [-0.2, 0) is 9.53 Å². The van der Waals surface area contributed by atoms with Gasteiger partial charge in [0.2, 0.25) is 0 Å². The van der Waals surface area contributed by atoms with Gasteiger partial charge in [0.05, 0.1) is 14.2 Å². The zero-order valence-electron chi connectivity index (χ0n) is 14.5. The fraction of sp³-hybridized carbons (Fsp3) is 0.556. The van der Waals surface area contributed by atoms with E-state index in [0.29, 0.717) is 17.4 Å². The van der Waals surface area contributed by atoms with Crippen molar-refractivity contribution in [2.24, 2.45) is 5.92 Å². The van der Waals surface area contributed by atoms with Crippen molar-refractivity contribution in [3.8, 4) is 11.5 Å². The topological polar surface area (TPSA) is 73.9 Å². The Bertz CT molecular complexity index is 587. The number of benzene rings is 1. The van der Waals surface area contributed by atoms with Gasteiger partial charge in [0.25, 0.3) is 5.91 Å². The lowest BCUT2D eigenvalue weighted by Crippen LogP contribution is -2.42. The molecule has 1 aromatic carbocycles. The summed E-state index contributed by atoms with van der Waals surface area (Å²) in [5, 5.41) is 2.95. The fourth-order valence-corrected chi connectivity index (χ4v) is 2.96. The molecule has 24 heavy (non-hydrogen) atoms. The van der Waals surface area contributed by atoms with Crippen molar-refractivity contribution >= 4 is 11.9 Å². The van der Waals surface area contributed by atoms with Gasteiger partial charge in [0.1, 0.15) is 17.1 Å². The van der Waals surface area contributed by atoms with Gasteiger partial charge in [-0.2, -0.15) is 0 Å². The summed E-state index contributed by atoms with van der Waals surface area (Å²) in [6.45, 7) is 1.84. The van der Waals surface area contributed by atoms with Crippen molar-refractivity contribution in [2.75, 3.05) is 20.8 Å². The van der Waals surface area contributed by atoms with E-state index in [1.165, 1.54) is 20.6 Å². The standard InChI is InChI=1S/C18H25NO5/c1-12-6-4-5-7-15(12)19-17(20)11-24-18(21)14-9-8-13(22-2)10-16(14)23-3/h8-10,12,15H,4-7,11H2,1-3H3,(H,19,20)/t12-,15+/m1/s1. The van der Waals surface area contributed by atoms with Crippen molar-refractivity contribution in [1.29, 1.82) is 0 Å². The van der Waals surface area contributed by atoms with Crippen LogP contribution >= 0.6 is 0 Å². The Balaban J connectivity index is 1.89. The molecule has 0 radical (unpaired) electrons. The molecule has 0 spiro atoms. The molecule has 0 heterocycles. The molecule has 1 amide bonds. The number of rotatable bonds is 6. The third-order valence-electron chi connectivity index (χ3n) is 4.42. The summed E-state index contributed by atoms with van der Waals surface area (Å²) in [7, 11) is 2.99. The van der Waals surface area contributed by atoms with Gasteiger partial charge >= 0.3 is 5.97 Å². The number of amides is 1. The molecular weight excluding hydrogens is 310 g/mol. The predicted octanol–water partition coefficient (Wildman–Crippen LogP) is 2.56. The highest BCUT2D eigenvalue weighted by Gasteiger charge is 2.23. The SMILES string of the molecule is COc1ccc(C(=O)OCC(=O)N[C@H]2CCCC[C@H]2C)c(OC)c1. The van der Waals surface area contributed by atoms with Crippen LogP contribution in [0.1, 0.15) is 43.0 Å². The van der Waals surface area contributed by atoms with E-state index in [-0.39, 0.29) is 24.1 Å². The van der Waals surface area contributed by atoms with E-state index >= 15 is 0 Å². The van der Waals surface area contributed by atoms with E-state index in [1.807, 2.05) is 0 Å². The predicted molar refractivity (Wildman–Crippen MR) is 89.4 cm³/mol. The molecule has 6 nitrogen and oxygen atoms in total. The second kappa shape index (κ2) is 8.57. The van der Waals surface area contributed by atoms with Gasteiger partial charge in [0.15, 0.2) is 6.61 Å². The molecule has 0 saturated heterocycles. The van der Waals surface area contributed by atoms with Crippen LogP contribution in [0.2, 0.25) is 0 Å². The van der Waals surface area contributed by atoms with E-state index in [2.05, 4.69) is 12.2 Å². The first kappa shape index (κ1) is 18.1. The number of hydrogen-bond acceptors (Lipinski definition) is 5. The van der Waals surface area contributed by atoms with E-state index in [1.54, 1.807) is 18.2 Å². The first-order valence-corrected chi connectivity index (χ1v) is 8.23. The zero-order chi connectivity index (χ0) is 17.5. The smallest absolute Gasteiger partial charge is 0.342 e. The van der Waals surface area contributed by atoms with Crippen molar-refractivity contribution in [3.63, 3.8) is 0 Å². The molecule has 2 rings (SSSR count). The highest BCUT2D eigenvalue weighted by Crippen LogP contribution is 2.25. The molecule has 0 unspecified atom stereocenters. The zero-order valence-corrected chi connectivity index (χ0v) is 14.5. The largest absolute Gasteiger partial charge is 0.497 e. The molecular formula is C18H25NO5. The van der Waals surface area contributed by atoms with Crippen molar-refractivity contribution in [3.05, 3.63) is 23.8 Å². The molecule has 2 atom stereocenters. The Morgan fingerprint density at radius 3 is 2.58 bits per heavy atom. The first-order valence-electron chi connectivity index (χ1n) is 8.23. The number of hydrogen-bond donors (Lipinski definition) is 1. The van der Waals surface area contributed by atoms with Gasteiger partial charge in [-0.25, -0.2) is 4.79 Å². The molecule has 1 N–H and O–H groups in total. The second-order valence-electron chi connectivity index (χ2n) is 6.08. The lowest BCUT2D eigenvalue weighted by Gasteiger charge is -2.29. The molecule has 1 aromatic rings. The number of ether oxygens (including phenoxy) is 3.